The van der Waals surface area contributed by atoms with Crippen LogP contribution in [0.25, 0.3) is 0 Å². The van der Waals surface area contributed by atoms with Crippen LogP contribution in [0.4, 0.5) is 0 Å². The first-order chi connectivity index (χ1) is 10.3. The van der Waals surface area contributed by atoms with Gasteiger partial charge in [-0.25, -0.2) is 0 Å². The predicted octanol–water partition coefficient (Wildman–Crippen LogP) is 4.86. The highest BCUT2D eigenvalue weighted by Crippen LogP contribution is 2.42. The third-order valence-electron chi connectivity index (χ3n) is 5.61. The molecule has 1 fully saturated rings. The van der Waals surface area contributed by atoms with E-state index in [1.165, 1.54) is 25.0 Å². The molecule has 0 radical (unpaired) electrons. The van der Waals surface area contributed by atoms with Gasteiger partial charge < -0.3 is 5.11 Å². The van der Waals surface area contributed by atoms with E-state index >= 15 is 0 Å². The van der Waals surface area contributed by atoms with Crippen molar-refractivity contribution >= 4 is 0 Å². The van der Waals surface area contributed by atoms with E-state index in [0.29, 0.717) is 0 Å². The Kier molecular flexibility index (Phi) is 6.02. The summed E-state index contributed by atoms with van der Waals surface area (Å²) in [5, 5.41) is 10.1. The molecule has 2 rings (SSSR count). The molecule has 22 heavy (non-hydrogen) atoms. The molecule has 4 atom stereocenters. The lowest BCUT2D eigenvalue weighted by atomic mass is 9.66. The second-order valence-corrected chi connectivity index (χ2v) is 8.16. The molecule has 124 valence electrons. The van der Waals surface area contributed by atoms with E-state index in [-0.39, 0.29) is 0 Å². The van der Waals surface area contributed by atoms with Crippen molar-refractivity contribution in [2.45, 2.75) is 71.8 Å². The standard InChI is InChI=1S/C20H33NO/c1-15-13-17(8-9-19-7-5-6-12-21-19)18(14-16(15)2)10-11-20(3,4)22/h5-7,12,15-18,22H,8-11,13-14H2,1-4H3. The van der Waals surface area contributed by atoms with Crippen molar-refractivity contribution in [2.75, 3.05) is 0 Å². The number of hydrogen-bond acceptors (Lipinski definition) is 2. The highest BCUT2D eigenvalue weighted by atomic mass is 16.3. The summed E-state index contributed by atoms with van der Waals surface area (Å²) in [6.45, 7) is 8.68. The molecular weight excluding hydrogens is 270 g/mol. The van der Waals surface area contributed by atoms with Crippen LogP contribution in [0.15, 0.2) is 24.4 Å². The SMILES string of the molecule is CC1CC(CCc2ccccn2)C(CCC(C)(C)O)CC1C. The number of aryl methyl sites for hydroxylation is 1. The second kappa shape index (κ2) is 7.59. The molecule has 4 unspecified atom stereocenters. The van der Waals surface area contributed by atoms with Crippen LogP contribution in [0, 0.1) is 23.7 Å². The minimum atomic E-state index is -0.530. The smallest absolute Gasteiger partial charge is 0.0591 e. The lowest BCUT2D eigenvalue weighted by Crippen LogP contribution is -2.31. The number of nitrogens with zero attached hydrogens (tertiary/aromatic N) is 1. The lowest BCUT2D eigenvalue weighted by Gasteiger charge is -2.40. The van der Waals surface area contributed by atoms with Crippen LogP contribution in [-0.4, -0.2) is 15.7 Å². The number of hydrogen-bond donors (Lipinski definition) is 1. The van der Waals surface area contributed by atoms with Gasteiger partial charge in [-0.15, -0.1) is 0 Å². The van der Waals surface area contributed by atoms with E-state index in [1.807, 2.05) is 26.1 Å². The molecule has 1 aliphatic rings. The maximum atomic E-state index is 10.1. The summed E-state index contributed by atoms with van der Waals surface area (Å²) in [5.41, 5.74) is 0.688. The molecule has 0 amide bonds. The number of pyridine rings is 1. The van der Waals surface area contributed by atoms with Gasteiger partial charge in [0, 0.05) is 11.9 Å². The van der Waals surface area contributed by atoms with Crippen LogP contribution >= 0.6 is 0 Å². The monoisotopic (exact) mass is 303 g/mol. The third kappa shape index (κ3) is 5.39. The molecule has 0 saturated heterocycles. The molecule has 1 aromatic rings. The van der Waals surface area contributed by atoms with Crippen molar-refractivity contribution in [1.82, 2.24) is 4.98 Å². The minimum Gasteiger partial charge on any atom is -0.390 e. The summed E-state index contributed by atoms with van der Waals surface area (Å²) in [6.07, 6.45) is 8.96. The van der Waals surface area contributed by atoms with Gasteiger partial charge in [0.05, 0.1) is 5.60 Å². The van der Waals surface area contributed by atoms with Gasteiger partial charge in [0.2, 0.25) is 0 Å². The molecule has 1 N–H and O–H groups in total. The van der Waals surface area contributed by atoms with Crippen molar-refractivity contribution < 1.29 is 5.11 Å². The average molecular weight is 303 g/mol. The predicted molar refractivity (Wildman–Crippen MR) is 92.6 cm³/mol. The first-order valence-electron chi connectivity index (χ1n) is 8.97. The lowest BCUT2D eigenvalue weighted by molar-refractivity contribution is 0.0449. The molecule has 0 bridgehead atoms. The topological polar surface area (TPSA) is 33.1 Å². The summed E-state index contributed by atoms with van der Waals surface area (Å²) >= 11 is 0. The highest BCUT2D eigenvalue weighted by Gasteiger charge is 2.33. The normalized spacial score (nSPS) is 29.5. The Labute approximate surface area is 136 Å². The molecule has 1 heterocycles. The Morgan fingerprint density at radius 2 is 1.73 bits per heavy atom. The molecule has 0 aliphatic heterocycles. The van der Waals surface area contributed by atoms with Crippen molar-refractivity contribution in [3.8, 4) is 0 Å². The quantitative estimate of drug-likeness (QED) is 0.813. The van der Waals surface area contributed by atoms with Gasteiger partial charge in [-0.3, -0.25) is 4.98 Å². The van der Waals surface area contributed by atoms with Crippen LogP contribution in [0.1, 0.15) is 65.5 Å². The summed E-state index contributed by atoms with van der Waals surface area (Å²) in [5.74, 6) is 3.20. The fraction of sp³-hybridized carbons (Fsp3) is 0.750. The summed E-state index contributed by atoms with van der Waals surface area (Å²) in [4.78, 5) is 4.47. The van der Waals surface area contributed by atoms with E-state index in [0.717, 1.165) is 42.9 Å². The maximum absolute atomic E-state index is 10.1. The fourth-order valence-corrected chi connectivity index (χ4v) is 3.93. The Morgan fingerprint density at radius 1 is 1.09 bits per heavy atom. The summed E-state index contributed by atoms with van der Waals surface area (Å²) < 4.78 is 0. The highest BCUT2D eigenvalue weighted by molar-refractivity contribution is 5.03. The number of aromatic nitrogens is 1. The van der Waals surface area contributed by atoms with E-state index < -0.39 is 5.60 Å². The second-order valence-electron chi connectivity index (χ2n) is 8.16. The van der Waals surface area contributed by atoms with Crippen LogP contribution in [-0.2, 0) is 6.42 Å². The zero-order valence-corrected chi connectivity index (χ0v) is 14.8. The molecule has 1 aliphatic carbocycles. The van der Waals surface area contributed by atoms with E-state index in [2.05, 4.69) is 31.0 Å². The van der Waals surface area contributed by atoms with Gasteiger partial charge in [0.1, 0.15) is 0 Å². The Hall–Kier alpha value is -0.890. The average Bonchev–Trinajstić information content (AvgIpc) is 2.47. The summed E-state index contributed by atoms with van der Waals surface area (Å²) in [7, 11) is 0. The molecule has 2 nitrogen and oxygen atoms in total. The zero-order valence-electron chi connectivity index (χ0n) is 14.8. The van der Waals surface area contributed by atoms with Crippen molar-refractivity contribution in [3.63, 3.8) is 0 Å². The molecule has 0 spiro atoms. The van der Waals surface area contributed by atoms with E-state index in [9.17, 15) is 5.11 Å². The van der Waals surface area contributed by atoms with Crippen LogP contribution in [0.5, 0.6) is 0 Å². The van der Waals surface area contributed by atoms with Crippen LogP contribution < -0.4 is 0 Å². The molecule has 0 aromatic carbocycles. The van der Waals surface area contributed by atoms with Gasteiger partial charge in [-0.05, 0) is 88.2 Å². The van der Waals surface area contributed by atoms with Crippen LogP contribution in [0.3, 0.4) is 0 Å². The first-order valence-corrected chi connectivity index (χ1v) is 8.97. The largest absolute Gasteiger partial charge is 0.390 e. The van der Waals surface area contributed by atoms with Gasteiger partial charge in [0.25, 0.3) is 0 Å². The van der Waals surface area contributed by atoms with E-state index in [4.69, 9.17) is 0 Å². The van der Waals surface area contributed by atoms with Crippen molar-refractivity contribution in [3.05, 3.63) is 30.1 Å². The number of aliphatic hydroxyl groups is 1. The Morgan fingerprint density at radius 3 is 2.27 bits per heavy atom. The van der Waals surface area contributed by atoms with Gasteiger partial charge in [-0.1, -0.05) is 19.9 Å². The molecule has 1 aromatic heterocycles. The van der Waals surface area contributed by atoms with Crippen molar-refractivity contribution in [2.24, 2.45) is 23.7 Å². The third-order valence-corrected chi connectivity index (χ3v) is 5.61. The fourth-order valence-electron chi connectivity index (χ4n) is 3.93. The first kappa shape index (κ1) is 17.5. The molecule has 1 saturated carbocycles. The van der Waals surface area contributed by atoms with Crippen LogP contribution in [0.2, 0.25) is 0 Å². The van der Waals surface area contributed by atoms with E-state index in [1.54, 1.807) is 0 Å². The molecular formula is C20H33NO. The molecule has 2 heteroatoms. The maximum Gasteiger partial charge on any atom is 0.0591 e. The Balaban J connectivity index is 1.94. The number of rotatable bonds is 6. The van der Waals surface area contributed by atoms with Gasteiger partial charge >= 0.3 is 0 Å². The summed E-state index contributed by atoms with van der Waals surface area (Å²) in [6, 6.07) is 6.21. The van der Waals surface area contributed by atoms with Crippen molar-refractivity contribution in [1.29, 1.82) is 0 Å². The van der Waals surface area contributed by atoms with Gasteiger partial charge in [-0.2, -0.15) is 0 Å². The minimum absolute atomic E-state index is 0.530. The van der Waals surface area contributed by atoms with Gasteiger partial charge in [0.15, 0.2) is 0 Å². The zero-order chi connectivity index (χ0) is 16.2. The Bertz CT molecular complexity index is 437.